The lowest BCUT2D eigenvalue weighted by atomic mass is 10.1. The quantitative estimate of drug-likeness (QED) is 0.533. The fourth-order valence-corrected chi connectivity index (χ4v) is 4.18. The van der Waals surface area contributed by atoms with Crippen LogP contribution in [0.2, 0.25) is 0 Å². The van der Waals surface area contributed by atoms with Crippen molar-refractivity contribution in [2.24, 2.45) is 0 Å². The lowest BCUT2D eigenvalue weighted by Gasteiger charge is -2.26. The molecule has 2 aliphatic rings. The van der Waals surface area contributed by atoms with Crippen LogP contribution in [0.3, 0.4) is 0 Å². The molecule has 2 fully saturated rings. The molecule has 1 aromatic rings. The average molecular weight is 390 g/mol. The maximum atomic E-state index is 9.64. The Labute approximate surface area is 168 Å². The number of hydrogen-bond acceptors (Lipinski definition) is 7. The van der Waals surface area contributed by atoms with E-state index in [1.165, 1.54) is 32.1 Å². The van der Waals surface area contributed by atoms with Crippen LogP contribution < -0.4 is 10.2 Å². The molecule has 0 spiro atoms. The Bertz CT molecular complexity index is 636. The Hall–Kier alpha value is -1.70. The van der Waals surface area contributed by atoms with Gasteiger partial charge in [-0.1, -0.05) is 19.3 Å². The zero-order valence-corrected chi connectivity index (χ0v) is 17.0. The first-order chi connectivity index (χ1) is 13.6. The van der Waals surface area contributed by atoms with E-state index in [-0.39, 0.29) is 0 Å². The minimum absolute atomic E-state index is 0.516. The highest BCUT2D eigenvalue weighted by atomic mass is 16.3. The number of aromatic nitrogens is 1. The maximum Gasteiger partial charge on any atom is 0.137 e. The molecule has 0 bridgehead atoms. The summed E-state index contributed by atoms with van der Waals surface area (Å²) in [5.41, 5.74) is 1.44. The molecule has 2 atom stereocenters. The van der Waals surface area contributed by atoms with Crippen molar-refractivity contribution in [1.82, 2.24) is 9.88 Å². The lowest BCUT2D eigenvalue weighted by Crippen LogP contribution is -2.28. The Morgan fingerprint density at radius 2 is 1.75 bits per heavy atom. The highest BCUT2D eigenvalue weighted by Crippen LogP contribution is 2.23. The number of nitrogens with zero attached hydrogens (tertiary/aromatic N) is 3. The number of likely N-dealkylation sites (tertiary alicyclic amines) is 1. The fraction of sp³-hybridized carbons (Fsp3) is 0.714. The number of hydrogen-bond donors (Lipinski definition) is 4. The van der Waals surface area contributed by atoms with Crippen LogP contribution in [0.1, 0.15) is 50.5 Å². The van der Waals surface area contributed by atoms with Crippen molar-refractivity contribution < 1.29 is 10.2 Å². The van der Waals surface area contributed by atoms with E-state index in [1.54, 1.807) is 0 Å². The molecular weight excluding hydrogens is 354 g/mol. The van der Waals surface area contributed by atoms with E-state index in [9.17, 15) is 10.2 Å². The standard InChI is InChI=1S/C21H35N5O2/c1-23-21-16(17(22)8-7-11-25-14-18(27)19(28)15-25)9-10-20(24-21)26-12-5-3-2-4-6-13-26/h9-10,18-19,22,27-28H,2-8,11-15H2,1H3,(H,23,24). The van der Waals surface area contributed by atoms with Crippen LogP contribution in [-0.2, 0) is 0 Å². The molecule has 0 aromatic carbocycles. The van der Waals surface area contributed by atoms with Gasteiger partial charge in [-0.05, 0) is 44.4 Å². The highest BCUT2D eigenvalue weighted by Gasteiger charge is 2.28. The molecule has 156 valence electrons. The first kappa shape index (κ1) is 21.0. The van der Waals surface area contributed by atoms with Crippen molar-refractivity contribution in [2.45, 2.75) is 57.2 Å². The SMILES string of the molecule is CNc1nc(N2CCCCCCC2)ccc1C(=N)CCCN1CC(O)C(O)C1. The molecule has 4 N–H and O–H groups in total. The van der Waals surface area contributed by atoms with Crippen molar-refractivity contribution in [2.75, 3.05) is 50.0 Å². The summed E-state index contributed by atoms with van der Waals surface area (Å²) >= 11 is 0. The second kappa shape index (κ2) is 10.2. The van der Waals surface area contributed by atoms with Gasteiger partial charge in [0.25, 0.3) is 0 Å². The summed E-state index contributed by atoms with van der Waals surface area (Å²) in [6.45, 7) is 3.93. The zero-order valence-electron chi connectivity index (χ0n) is 17.0. The molecule has 0 amide bonds. The predicted molar refractivity (Wildman–Crippen MR) is 114 cm³/mol. The minimum atomic E-state index is -0.643. The normalized spacial score (nSPS) is 24.0. The van der Waals surface area contributed by atoms with E-state index in [0.29, 0.717) is 25.2 Å². The number of aliphatic hydroxyl groups is 2. The van der Waals surface area contributed by atoms with Gasteiger partial charge in [-0.2, -0.15) is 0 Å². The molecule has 7 nitrogen and oxygen atoms in total. The fourth-order valence-electron chi connectivity index (χ4n) is 4.18. The number of β-amino-alcohol motifs (C(OH)–C–C–N with tert-alkyl or cyclic N) is 2. The number of nitrogens with one attached hydrogen (secondary N) is 2. The smallest absolute Gasteiger partial charge is 0.137 e. The molecule has 2 saturated heterocycles. The Morgan fingerprint density at radius 3 is 2.39 bits per heavy atom. The third-order valence-electron chi connectivity index (χ3n) is 5.86. The lowest BCUT2D eigenvalue weighted by molar-refractivity contribution is 0.0572. The van der Waals surface area contributed by atoms with Gasteiger partial charge in [0.05, 0.1) is 12.2 Å². The maximum absolute atomic E-state index is 9.64. The van der Waals surface area contributed by atoms with Crippen LogP contribution in [0.4, 0.5) is 11.6 Å². The second-order valence-electron chi connectivity index (χ2n) is 8.05. The first-order valence-electron chi connectivity index (χ1n) is 10.7. The van der Waals surface area contributed by atoms with Crippen molar-refractivity contribution in [1.29, 1.82) is 5.41 Å². The van der Waals surface area contributed by atoms with E-state index in [2.05, 4.69) is 21.2 Å². The van der Waals surface area contributed by atoms with E-state index < -0.39 is 12.2 Å². The Balaban J connectivity index is 1.57. The molecule has 1 aromatic heterocycles. The summed E-state index contributed by atoms with van der Waals surface area (Å²) in [6.07, 6.45) is 6.56. The minimum Gasteiger partial charge on any atom is -0.389 e. The summed E-state index contributed by atoms with van der Waals surface area (Å²) in [5.74, 6) is 1.78. The van der Waals surface area contributed by atoms with E-state index in [1.807, 2.05) is 13.1 Å². The Morgan fingerprint density at radius 1 is 1.11 bits per heavy atom. The molecule has 0 aliphatic carbocycles. The third-order valence-corrected chi connectivity index (χ3v) is 5.86. The number of anilines is 2. The molecule has 3 heterocycles. The molecule has 0 radical (unpaired) electrons. The third kappa shape index (κ3) is 5.43. The molecule has 2 unspecified atom stereocenters. The van der Waals surface area contributed by atoms with Crippen LogP contribution >= 0.6 is 0 Å². The zero-order chi connectivity index (χ0) is 19.9. The van der Waals surface area contributed by atoms with Gasteiger partial charge < -0.3 is 25.8 Å². The number of pyridine rings is 1. The van der Waals surface area contributed by atoms with Gasteiger partial charge in [0.15, 0.2) is 0 Å². The van der Waals surface area contributed by atoms with Gasteiger partial charge in [0, 0.05) is 44.5 Å². The first-order valence-corrected chi connectivity index (χ1v) is 10.7. The van der Waals surface area contributed by atoms with Gasteiger partial charge in [0.2, 0.25) is 0 Å². The average Bonchev–Trinajstić information content (AvgIpc) is 2.98. The predicted octanol–water partition coefficient (Wildman–Crippen LogP) is 2.08. The van der Waals surface area contributed by atoms with Gasteiger partial charge in [-0.25, -0.2) is 4.98 Å². The van der Waals surface area contributed by atoms with E-state index in [4.69, 9.17) is 10.4 Å². The Kier molecular flexibility index (Phi) is 7.65. The molecule has 0 saturated carbocycles. The van der Waals surface area contributed by atoms with Gasteiger partial charge >= 0.3 is 0 Å². The van der Waals surface area contributed by atoms with E-state index in [0.717, 1.165) is 43.3 Å². The van der Waals surface area contributed by atoms with Crippen LogP contribution in [0.15, 0.2) is 12.1 Å². The summed E-state index contributed by atoms with van der Waals surface area (Å²) < 4.78 is 0. The van der Waals surface area contributed by atoms with Crippen LogP contribution in [0, 0.1) is 5.41 Å². The van der Waals surface area contributed by atoms with Crippen molar-refractivity contribution in [3.63, 3.8) is 0 Å². The van der Waals surface area contributed by atoms with Crippen molar-refractivity contribution in [3.05, 3.63) is 17.7 Å². The summed E-state index contributed by atoms with van der Waals surface area (Å²) in [6, 6.07) is 4.08. The van der Waals surface area contributed by atoms with Crippen molar-refractivity contribution in [3.8, 4) is 0 Å². The second-order valence-corrected chi connectivity index (χ2v) is 8.05. The molecule has 28 heavy (non-hydrogen) atoms. The van der Waals surface area contributed by atoms with E-state index >= 15 is 0 Å². The van der Waals surface area contributed by atoms with Gasteiger partial charge in [0.1, 0.15) is 11.6 Å². The van der Waals surface area contributed by atoms with Crippen molar-refractivity contribution >= 4 is 17.3 Å². The van der Waals surface area contributed by atoms with Crippen LogP contribution in [0.25, 0.3) is 0 Å². The highest BCUT2D eigenvalue weighted by molar-refractivity contribution is 6.02. The topological polar surface area (TPSA) is 95.7 Å². The van der Waals surface area contributed by atoms with Crippen LogP contribution in [-0.4, -0.2) is 77.8 Å². The molecule has 3 rings (SSSR count). The van der Waals surface area contributed by atoms with Crippen LogP contribution in [0.5, 0.6) is 0 Å². The summed E-state index contributed by atoms with van der Waals surface area (Å²) in [7, 11) is 1.86. The largest absolute Gasteiger partial charge is 0.389 e. The number of rotatable bonds is 7. The number of aliphatic hydroxyl groups excluding tert-OH is 2. The van der Waals surface area contributed by atoms with Gasteiger partial charge in [-0.15, -0.1) is 0 Å². The monoisotopic (exact) mass is 389 g/mol. The summed E-state index contributed by atoms with van der Waals surface area (Å²) in [4.78, 5) is 9.24. The summed E-state index contributed by atoms with van der Waals surface area (Å²) in [5, 5.41) is 30.9. The van der Waals surface area contributed by atoms with Gasteiger partial charge in [-0.3, -0.25) is 4.90 Å². The molecular formula is C21H35N5O2. The molecule has 7 heteroatoms. The molecule has 2 aliphatic heterocycles.